The maximum atomic E-state index is 12.8. The molecule has 2 saturated heterocycles. The summed E-state index contributed by atoms with van der Waals surface area (Å²) in [5, 5.41) is 6.38. The molecule has 31 heavy (non-hydrogen) atoms. The largest absolute Gasteiger partial charge is 0.482 e. The van der Waals surface area contributed by atoms with Gasteiger partial charge in [0.05, 0.1) is 17.6 Å². The van der Waals surface area contributed by atoms with E-state index in [1.165, 1.54) is 6.42 Å². The number of nitrogens with one attached hydrogen (secondary N) is 2. The van der Waals surface area contributed by atoms with E-state index in [4.69, 9.17) is 14.0 Å². The van der Waals surface area contributed by atoms with Crippen LogP contribution < -0.4 is 10.6 Å². The first-order valence-corrected chi connectivity index (χ1v) is 11.9. The minimum Gasteiger partial charge on any atom is -0.445 e. The molecule has 5 aliphatic rings. The van der Waals surface area contributed by atoms with Crippen molar-refractivity contribution in [2.45, 2.75) is 76.6 Å². The Morgan fingerprint density at radius 1 is 1.29 bits per heavy atom. The molecule has 5 fully saturated rings. The Hall–Kier alpha value is -1.57. The van der Waals surface area contributed by atoms with Crippen LogP contribution in [0.5, 0.6) is 0 Å². The predicted octanol–water partition coefficient (Wildman–Crippen LogP) is 3.34. The molecule has 3 saturated carbocycles. The molecule has 1 aromatic rings. The first kappa shape index (κ1) is 21.3. The third-order valence-corrected chi connectivity index (χ3v) is 8.42. The first-order valence-electron chi connectivity index (χ1n) is 11.9. The van der Waals surface area contributed by atoms with Crippen molar-refractivity contribution < 1.29 is 18.8 Å². The molecule has 2 heterocycles. The standard InChI is InChI=1S/C24H35BN2O4/c1-23(2)17-13-19(23)24(3)20(14-17)30-25(31-24)21(12-16-8-5-4-6-9-16)27-22(28)29-18-10-7-11-26-15-18/h4-6,8-9,17-21,26H,7,10-15H2,1-3H3,(H,27,28)/t17?,18?,19?,20?,21?,24-/m0/s1. The smallest absolute Gasteiger partial charge is 0.445 e. The molecule has 2 bridgehead atoms. The molecule has 6 rings (SSSR count). The molecule has 6 nitrogen and oxygen atoms in total. The SMILES string of the molecule is CC1(C)C2CC3OB(C(Cc4ccccc4)NC(=O)OC4CCCNC4)O[C@@]3(C)C1C2. The zero-order chi connectivity index (χ0) is 21.6. The number of hydrogen-bond donors (Lipinski definition) is 2. The van der Waals surface area contributed by atoms with E-state index in [1.807, 2.05) is 18.2 Å². The Bertz CT molecular complexity index is 800. The van der Waals surface area contributed by atoms with Gasteiger partial charge in [0.25, 0.3) is 0 Å². The van der Waals surface area contributed by atoms with Gasteiger partial charge < -0.3 is 24.7 Å². The van der Waals surface area contributed by atoms with Crippen molar-refractivity contribution in [2.24, 2.45) is 17.3 Å². The Morgan fingerprint density at radius 3 is 2.81 bits per heavy atom. The molecule has 168 valence electrons. The fourth-order valence-electron chi connectivity index (χ4n) is 6.41. The van der Waals surface area contributed by atoms with Crippen LogP contribution in [0.15, 0.2) is 30.3 Å². The van der Waals surface area contributed by atoms with E-state index in [0.29, 0.717) is 30.2 Å². The number of rotatable bonds is 5. The topological polar surface area (TPSA) is 68.8 Å². The van der Waals surface area contributed by atoms with Crippen LogP contribution in [0.3, 0.4) is 0 Å². The Morgan fingerprint density at radius 2 is 2.10 bits per heavy atom. The number of hydrogen-bond acceptors (Lipinski definition) is 5. The van der Waals surface area contributed by atoms with Crippen LogP contribution in [0.2, 0.25) is 0 Å². The van der Waals surface area contributed by atoms with Crippen molar-refractivity contribution in [1.29, 1.82) is 0 Å². The normalized spacial score (nSPS) is 36.8. The van der Waals surface area contributed by atoms with Gasteiger partial charge in [0.15, 0.2) is 0 Å². The quantitative estimate of drug-likeness (QED) is 0.707. The summed E-state index contributed by atoms with van der Waals surface area (Å²) in [4.78, 5) is 12.8. The zero-order valence-corrected chi connectivity index (χ0v) is 18.9. The van der Waals surface area contributed by atoms with Crippen LogP contribution in [0.25, 0.3) is 0 Å². The van der Waals surface area contributed by atoms with Gasteiger partial charge in [0.1, 0.15) is 6.10 Å². The highest BCUT2D eigenvalue weighted by Crippen LogP contribution is 2.65. The molecule has 1 aromatic carbocycles. The number of amides is 1. The number of piperidine rings is 1. The van der Waals surface area contributed by atoms with Crippen LogP contribution in [-0.2, 0) is 20.5 Å². The van der Waals surface area contributed by atoms with E-state index in [9.17, 15) is 4.79 Å². The predicted molar refractivity (Wildman–Crippen MR) is 120 cm³/mol. The lowest BCUT2D eigenvalue weighted by atomic mass is 9.43. The lowest BCUT2D eigenvalue weighted by molar-refractivity contribution is -0.199. The number of carbonyl (C=O) groups excluding carboxylic acids is 1. The number of carbonyl (C=O) groups is 1. The van der Waals surface area contributed by atoms with Gasteiger partial charge in [0, 0.05) is 6.54 Å². The van der Waals surface area contributed by atoms with Crippen molar-refractivity contribution in [1.82, 2.24) is 10.6 Å². The summed E-state index contributed by atoms with van der Waals surface area (Å²) in [6.07, 6.45) is 4.45. The Kier molecular flexibility index (Phi) is 5.56. The molecular weight excluding hydrogens is 391 g/mol. The van der Waals surface area contributed by atoms with Gasteiger partial charge in [-0.2, -0.15) is 0 Å². The fraction of sp³-hybridized carbons (Fsp3) is 0.708. The van der Waals surface area contributed by atoms with Crippen LogP contribution in [-0.4, -0.2) is 50.1 Å². The maximum absolute atomic E-state index is 12.8. The molecule has 5 unspecified atom stereocenters. The minimum atomic E-state index is -0.470. The molecule has 3 aliphatic carbocycles. The molecule has 7 heteroatoms. The second kappa shape index (κ2) is 8.09. The van der Waals surface area contributed by atoms with Crippen molar-refractivity contribution in [3.05, 3.63) is 35.9 Å². The Labute approximate surface area is 185 Å². The highest BCUT2D eigenvalue weighted by molar-refractivity contribution is 6.47. The summed E-state index contributed by atoms with van der Waals surface area (Å²) in [5.41, 5.74) is 1.14. The molecule has 2 N–H and O–H groups in total. The van der Waals surface area contributed by atoms with Crippen molar-refractivity contribution in [2.75, 3.05) is 13.1 Å². The van der Waals surface area contributed by atoms with Gasteiger partial charge in [-0.1, -0.05) is 44.2 Å². The summed E-state index contributed by atoms with van der Waals surface area (Å²) in [7, 11) is -0.470. The van der Waals surface area contributed by atoms with Gasteiger partial charge in [-0.25, -0.2) is 4.79 Å². The lowest BCUT2D eigenvalue weighted by Gasteiger charge is -2.64. The summed E-state index contributed by atoms with van der Waals surface area (Å²) in [6, 6.07) is 10.2. The number of benzene rings is 1. The van der Waals surface area contributed by atoms with E-state index in [2.05, 4.69) is 43.5 Å². The van der Waals surface area contributed by atoms with E-state index in [-0.39, 0.29) is 29.8 Å². The molecule has 0 spiro atoms. The Balaban J connectivity index is 1.30. The maximum Gasteiger partial charge on any atom is 0.482 e. The molecule has 0 radical (unpaired) electrons. The van der Waals surface area contributed by atoms with E-state index in [0.717, 1.165) is 31.4 Å². The summed E-state index contributed by atoms with van der Waals surface area (Å²) in [5.74, 6) is 0.891. The van der Waals surface area contributed by atoms with Gasteiger partial charge in [0.2, 0.25) is 0 Å². The van der Waals surface area contributed by atoms with Crippen molar-refractivity contribution in [3.8, 4) is 0 Å². The molecular formula is C24H35BN2O4. The first-order chi connectivity index (χ1) is 14.9. The van der Waals surface area contributed by atoms with Crippen LogP contribution in [0, 0.1) is 17.3 Å². The third kappa shape index (κ3) is 3.89. The second-order valence-corrected chi connectivity index (χ2v) is 10.7. The van der Waals surface area contributed by atoms with E-state index >= 15 is 0 Å². The van der Waals surface area contributed by atoms with Crippen LogP contribution in [0.1, 0.15) is 52.0 Å². The molecule has 6 atom stereocenters. The van der Waals surface area contributed by atoms with Crippen molar-refractivity contribution in [3.63, 3.8) is 0 Å². The average Bonchev–Trinajstić information content (AvgIpc) is 3.12. The average molecular weight is 426 g/mol. The van der Waals surface area contributed by atoms with Gasteiger partial charge in [-0.15, -0.1) is 0 Å². The number of alkyl carbamates (subject to hydrolysis) is 1. The van der Waals surface area contributed by atoms with E-state index in [1.54, 1.807) is 0 Å². The highest BCUT2D eigenvalue weighted by Gasteiger charge is 2.68. The fourth-order valence-corrected chi connectivity index (χ4v) is 6.41. The van der Waals surface area contributed by atoms with Gasteiger partial charge in [-0.3, -0.25) is 0 Å². The molecule has 2 aliphatic heterocycles. The van der Waals surface area contributed by atoms with E-state index < -0.39 is 7.12 Å². The lowest BCUT2D eigenvalue weighted by Crippen LogP contribution is -2.65. The summed E-state index contributed by atoms with van der Waals surface area (Å²) in [6.45, 7) is 8.63. The van der Waals surface area contributed by atoms with Gasteiger partial charge in [-0.05, 0) is 68.4 Å². The minimum absolute atomic E-state index is 0.0790. The second-order valence-electron chi connectivity index (χ2n) is 10.7. The number of ether oxygens (including phenoxy) is 1. The third-order valence-electron chi connectivity index (χ3n) is 8.42. The van der Waals surface area contributed by atoms with Crippen molar-refractivity contribution >= 4 is 13.2 Å². The summed E-state index contributed by atoms with van der Waals surface area (Å²) >= 11 is 0. The van der Waals surface area contributed by atoms with Crippen LogP contribution >= 0.6 is 0 Å². The zero-order valence-electron chi connectivity index (χ0n) is 18.9. The molecule has 1 amide bonds. The highest BCUT2D eigenvalue weighted by atomic mass is 16.7. The molecule has 0 aromatic heterocycles. The van der Waals surface area contributed by atoms with Crippen LogP contribution in [0.4, 0.5) is 4.79 Å². The summed E-state index contributed by atoms with van der Waals surface area (Å²) < 4.78 is 18.8. The monoisotopic (exact) mass is 426 g/mol. The van der Waals surface area contributed by atoms with Gasteiger partial charge >= 0.3 is 13.2 Å².